The molecule has 1 atom stereocenters. The first-order chi connectivity index (χ1) is 13.2. The van der Waals surface area contributed by atoms with Crippen LogP contribution in [0.25, 0.3) is 11.1 Å². The quantitative estimate of drug-likeness (QED) is 0.896. The van der Waals surface area contributed by atoms with Crippen molar-refractivity contribution >= 4 is 6.09 Å². The van der Waals surface area contributed by atoms with Crippen LogP contribution in [0.1, 0.15) is 36.3 Å². The van der Waals surface area contributed by atoms with Crippen LogP contribution in [0.4, 0.5) is 4.79 Å². The molecule has 2 fully saturated rings. The van der Waals surface area contributed by atoms with E-state index in [-0.39, 0.29) is 18.6 Å². The van der Waals surface area contributed by atoms with Gasteiger partial charge in [0, 0.05) is 25.6 Å². The standard InChI is InChI=1S/C23H25NO3/c25-14-16-13-23(16)9-11-24(12-10-23)22(26)27-15-21-19-7-3-1-5-17(19)18-6-2-4-8-20(18)21/h1-8,16,21,25H,9-15H2. The minimum absolute atomic E-state index is 0.111. The molecule has 1 saturated carbocycles. The molecule has 27 heavy (non-hydrogen) atoms. The molecule has 1 saturated heterocycles. The average Bonchev–Trinajstić information content (AvgIpc) is 3.30. The second-order valence-corrected chi connectivity index (χ2v) is 8.24. The van der Waals surface area contributed by atoms with E-state index in [4.69, 9.17) is 4.74 Å². The predicted octanol–water partition coefficient (Wildman–Crippen LogP) is 4.03. The topological polar surface area (TPSA) is 49.8 Å². The first-order valence-corrected chi connectivity index (χ1v) is 9.93. The Bertz CT molecular complexity index is 824. The van der Waals surface area contributed by atoms with Gasteiger partial charge in [-0.05, 0) is 52.8 Å². The van der Waals surface area contributed by atoms with Gasteiger partial charge in [0.25, 0.3) is 0 Å². The third kappa shape index (κ3) is 2.74. The normalized spacial score (nSPS) is 22.4. The zero-order valence-electron chi connectivity index (χ0n) is 15.4. The average molecular weight is 363 g/mol. The van der Waals surface area contributed by atoms with E-state index in [0.717, 1.165) is 32.4 Å². The molecular formula is C23H25NO3. The lowest BCUT2D eigenvalue weighted by Gasteiger charge is -2.32. The number of likely N-dealkylation sites (tertiary alicyclic amines) is 1. The van der Waals surface area contributed by atoms with Gasteiger partial charge in [-0.25, -0.2) is 4.79 Å². The largest absolute Gasteiger partial charge is 0.448 e. The lowest BCUT2D eigenvalue weighted by molar-refractivity contribution is 0.0792. The van der Waals surface area contributed by atoms with E-state index >= 15 is 0 Å². The Morgan fingerprint density at radius 2 is 1.63 bits per heavy atom. The van der Waals surface area contributed by atoms with Crippen LogP contribution in [0.2, 0.25) is 0 Å². The van der Waals surface area contributed by atoms with Gasteiger partial charge in [0.05, 0.1) is 0 Å². The van der Waals surface area contributed by atoms with Gasteiger partial charge in [-0.2, -0.15) is 0 Å². The zero-order valence-corrected chi connectivity index (χ0v) is 15.4. The number of fused-ring (bicyclic) bond motifs is 3. The zero-order chi connectivity index (χ0) is 18.4. The molecule has 2 aromatic rings. The van der Waals surface area contributed by atoms with Crippen molar-refractivity contribution in [2.75, 3.05) is 26.3 Å². The van der Waals surface area contributed by atoms with Gasteiger partial charge in [0.15, 0.2) is 0 Å². The highest BCUT2D eigenvalue weighted by atomic mass is 16.6. The third-order valence-electron chi connectivity index (χ3n) is 6.93. The molecular weight excluding hydrogens is 338 g/mol. The summed E-state index contributed by atoms with van der Waals surface area (Å²) in [6.07, 6.45) is 2.89. The number of carbonyl (C=O) groups is 1. The molecule has 0 bridgehead atoms. The molecule has 1 spiro atoms. The highest BCUT2D eigenvalue weighted by Gasteiger charge is 2.54. The van der Waals surface area contributed by atoms with Crippen LogP contribution in [0.15, 0.2) is 48.5 Å². The molecule has 1 aliphatic heterocycles. The van der Waals surface area contributed by atoms with E-state index < -0.39 is 0 Å². The van der Waals surface area contributed by atoms with Gasteiger partial charge in [0.1, 0.15) is 6.61 Å². The first kappa shape index (κ1) is 16.8. The summed E-state index contributed by atoms with van der Waals surface area (Å²) >= 11 is 0. The lowest BCUT2D eigenvalue weighted by Crippen LogP contribution is -2.40. The number of benzene rings is 2. The Balaban J connectivity index is 1.25. The fourth-order valence-corrected chi connectivity index (χ4v) is 5.12. The highest BCUT2D eigenvalue weighted by Crippen LogP contribution is 2.59. The van der Waals surface area contributed by atoms with Crippen molar-refractivity contribution in [3.8, 4) is 11.1 Å². The molecule has 2 aromatic carbocycles. The van der Waals surface area contributed by atoms with Crippen LogP contribution in [0.3, 0.4) is 0 Å². The smallest absolute Gasteiger partial charge is 0.409 e. The number of aliphatic hydroxyl groups excluding tert-OH is 1. The Hall–Kier alpha value is -2.33. The van der Waals surface area contributed by atoms with E-state index in [0.29, 0.717) is 17.9 Å². The Labute approximate surface area is 159 Å². The van der Waals surface area contributed by atoms with Crippen LogP contribution >= 0.6 is 0 Å². The van der Waals surface area contributed by atoms with E-state index in [1.807, 2.05) is 4.90 Å². The molecule has 0 aromatic heterocycles. The lowest BCUT2D eigenvalue weighted by atomic mass is 9.91. The van der Waals surface area contributed by atoms with Crippen LogP contribution in [0.5, 0.6) is 0 Å². The number of nitrogens with zero attached hydrogens (tertiary/aromatic N) is 1. The molecule has 4 heteroatoms. The number of piperidine rings is 1. The molecule has 1 amide bonds. The van der Waals surface area contributed by atoms with Gasteiger partial charge in [-0.1, -0.05) is 48.5 Å². The van der Waals surface area contributed by atoms with Gasteiger partial charge in [-0.15, -0.1) is 0 Å². The van der Waals surface area contributed by atoms with Crippen LogP contribution in [-0.4, -0.2) is 42.4 Å². The van der Waals surface area contributed by atoms with E-state index in [2.05, 4.69) is 48.5 Å². The van der Waals surface area contributed by atoms with E-state index in [9.17, 15) is 9.90 Å². The molecule has 1 N–H and O–H groups in total. The van der Waals surface area contributed by atoms with E-state index in [1.54, 1.807) is 0 Å². The molecule has 5 rings (SSSR count). The predicted molar refractivity (Wildman–Crippen MR) is 104 cm³/mol. The van der Waals surface area contributed by atoms with Crippen molar-refractivity contribution in [3.05, 3.63) is 59.7 Å². The summed E-state index contributed by atoms with van der Waals surface area (Å²) in [6.45, 7) is 2.15. The fourth-order valence-electron chi connectivity index (χ4n) is 5.12. The Kier molecular flexibility index (Phi) is 3.97. The second kappa shape index (κ2) is 6.38. The summed E-state index contributed by atoms with van der Waals surface area (Å²) in [4.78, 5) is 14.5. The van der Waals surface area contributed by atoms with Crippen LogP contribution in [-0.2, 0) is 4.74 Å². The maximum atomic E-state index is 12.6. The first-order valence-electron chi connectivity index (χ1n) is 9.93. The second-order valence-electron chi connectivity index (χ2n) is 8.24. The summed E-state index contributed by atoms with van der Waals surface area (Å²) < 4.78 is 5.76. The van der Waals surface area contributed by atoms with Gasteiger partial charge < -0.3 is 14.7 Å². The van der Waals surface area contributed by atoms with Crippen molar-refractivity contribution in [2.24, 2.45) is 11.3 Å². The summed E-state index contributed by atoms with van der Waals surface area (Å²) in [5.41, 5.74) is 5.28. The number of carbonyl (C=O) groups excluding carboxylic acids is 1. The van der Waals surface area contributed by atoms with Crippen molar-refractivity contribution in [2.45, 2.75) is 25.2 Å². The maximum absolute atomic E-state index is 12.6. The summed E-state index contributed by atoms with van der Waals surface area (Å²) in [5.74, 6) is 0.557. The summed E-state index contributed by atoms with van der Waals surface area (Å²) in [6, 6.07) is 16.8. The minimum atomic E-state index is -0.201. The molecule has 1 heterocycles. The van der Waals surface area contributed by atoms with Crippen LogP contribution in [0, 0.1) is 11.3 Å². The summed E-state index contributed by atoms with van der Waals surface area (Å²) in [5, 5.41) is 9.36. The van der Waals surface area contributed by atoms with Crippen molar-refractivity contribution < 1.29 is 14.6 Å². The maximum Gasteiger partial charge on any atom is 0.409 e. The van der Waals surface area contributed by atoms with Crippen LogP contribution < -0.4 is 0 Å². The molecule has 3 aliphatic rings. The van der Waals surface area contributed by atoms with Crippen molar-refractivity contribution in [1.29, 1.82) is 0 Å². The Morgan fingerprint density at radius 1 is 1.04 bits per heavy atom. The number of hydrogen-bond donors (Lipinski definition) is 1. The third-order valence-corrected chi connectivity index (χ3v) is 6.93. The number of amides is 1. The van der Waals surface area contributed by atoms with Crippen molar-refractivity contribution in [1.82, 2.24) is 4.90 Å². The minimum Gasteiger partial charge on any atom is -0.448 e. The number of aliphatic hydroxyl groups is 1. The molecule has 2 aliphatic carbocycles. The molecule has 140 valence electrons. The van der Waals surface area contributed by atoms with Gasteiger partial charge >= 0.3 is 6.09 Å². The number of rotatable bonds is 3. The fraction of sp³-hybridized carbons (Fsp3) is 0.435. The molecule has 4 nitrogen and oxygen atoms in total. The summed E-state index contributed by atoms with van der Waals surface area (Å²) in [7, 11) is 0. The number of ether oxygens (including phenoxy) is 1. The van der Waals surface area contributed by atoms with Gasteiger partial charge in [-0.3, -0.25) is 0 Å². The SMILES string of the molecule is O=C(OCC1c2ccccc2-c2ccccc21)N1CCC2(CC1)CC2CO. The Morgan fingerprint density at radius 3 is 2.19 bits per heavy atom. The molecule has 0 radical (unpaired) electrons. The van der Waals surface area contributed by atoms with Crippen molar-refractivity contribution in [3.63, 3.8) is 0 Å². The monoisotopic (exact) mass is 363 g/mol. The number of hydrogen-bond acceptors (Lipinski definition) is 3. The van der Waals surface area contributed by atoms with Gasteiger partial charge in [0.2, 0.25) is 0 Å². The van der Waals surface area contributed by atoms with E-state index in [1.165, 1.54) is 22.3 Å². The highest BCUT2D eigenvalue weighted by molar-refractivity contribution is 5.79. The molecule has 1 unspecified atom stereocenters.